The Morgan fingerprint density at radius 3 is 0.758 bits per heavy atom. The number of carbonyl (C=O) groups is 4. The minimum Gasteiger partial charge on any atom is -0.478 e. The van der Waals surface area contributed by atoms with Crippen molar-refractivity contribution in [3.8, 4) is 0 Å². The van der Waals surface area contributed by atoms with E-state index in [2.05, 4.69) is 0 Å². The Balaban J connectivity index is 0.000000227. The van der Waals surface area contributed by atoms with Gasteiger partial charge in [0.1, 0.15) is 0 Å². The van der Waals surface area contributed by atoms with Gasteiger partial charge < -0.3 is 20.4 Å². The van der Waals surface area contributed by atoms with Crippen molar-refractivity contribution in [2.24, 2.45) is 0 Å². The molecule has 0 aliphatic heterocycles. The van der Waals surface area contributed by atoms with Crippen molar-refractivity contribution in [1.82, 2.24) is 0 Å². The number of carboxylic acids is 4. The summed E-state index contributed by atoms with van der Waals surface area (Å²) in [6.07, 6.45) is 0. The second kappa shape index (κ2) is 10.7. The van der Waals surface area contributed by atoms with Gasteiger partial charge in [-0.1, -0.05) is 48.5 Å². The van der Waals surface area contributed by atoms with Crippen molar-refractivity contribution < 1.29 is 65.8 Å². The Bertz CT molecular complexity index is 1180. The molecule has 4 aromatic carbocycles. The van der Waals surface area contributed by atoms with Gasteiger partial charge >= 0.3 is 23.9 Å². The van der Waals surface area contributed by atoms with E-state index in [-0.39, 0.29) is 48.5 Å². The van der Waals surface area contributed by atoms with Crippen LogP contribution in [0.4, 0.5) is 0 Å². The van der Waals surface area contributed by atoms with E-state index in [1.165, 1.54) is 24.3 Å². The molecule has 33 heavy (non-hydrogen) atoms. The third kappa shape index (κ3) is 5.70. The van der Waals surface area contributed by atoms with Gasteiger partial charge in [-0.25, -0.2) is 19.2 Å². The molecule has 0 bridgehead atoms. The molecule has 0 atom stereocenters. The summed E-state index contributed by atoms with van der Waals surface area (Å²) in [5.74, 6) is -4.93. The zero-order valence-corrected chi connectivity index (χ0v) is 19.3. The van der Waals surface area contributed by atoms with Gasteiger partial charge in [0.2, 0.25) is 0 Å². The van der Waals surface area contributed by atoms with Gasteiger partial charge in [-0.15, -0.1) is 0 Å². The Labute approximate surface area is 205 Å². The first kappa shape index (κ1) is 25.4. The summed E-state index contributed by atoms with van der Waals surface area (Å²) in [6, 6.07) is 19.6. The third-order valence-electron chi connectivity index (χ3n) is 4.69. The van der Waals surface area contributed by atoms with Gasteiger partial charge in [0.05, 0.1) is 22.3 Å². The molecular weight excluding hydrogens is 507 g/mol. The molecular formula is C24H16O8Zr. The largest absolute Gasteiger partial charge is 0.478 e. The molecule has 164 valence electrons. The average molecular weight is 524 g/mol. The van der Waals surface area contributed by atoms with E-state index in [1.54, 1.807) is 48.5 Å². The first-order chi connectivity index (χ1) is 15.2. The molecule has 0 aliphatic carbocycles. The van der Waals surface area contributed by atoms with Gasteiger partial charge in [0, 0.05) is 26.2 Å². The van der Waals surface area contributed by atoms with Crippen LogP contribution >= 0.6 is 0 Å². The van der Waals surface area contributed by atoms with Crippen LogP contribution in [0.5, 0.6) is 0 Å². The smallest absolute Gasteiger partial charge is 0.336 e. The molecule has 9 heteroatoms. The maximum atomic E-state index is 10.9. The average Bonchev–Trinajstić information content (AvgIpc) is 2.77. The summed E-state index contributed by atoms with van der Waals surface area (Å²) < 4.78 is 0. The van der Waals surface area contributed by atoms with Crippen LogP contribution in [0.3, 0.4) is 0 Å². The number of rotatable bonds is 4. The summed E-state index contributed by atoms with van der Waals surface area (Å²) in [5.41, 5.74) is -0.755. The van der Waals surface area contributed by atoms with Gasteiger partial charge in [0.25, 0.3) is 0 Å². The monoisotopic (exact) mass is 522 g/mol. The number of hydrogen-bond donors (Lipinski definition) is 4. The van der Waals surface area contributed by atoms with Crippen LogP contribution in [0, 0.1) is 0 Å². The van der Waals surface area contributed by atoms with Crippen LogP contribution in [-0.4, -0.2) is 44.3 Å². The molecule has 0 saturated heterocycles. The Morgan fingerprint density at radius 1 is 0.424 bits per heavy atom. The summed E-state index contributed by atoms with van der Waals surface area (Å²) in [6.45, 7) is 0. The topological polar surface area (TPSA) is 149 Å². The van der Waals surface area contributed by atoms with Crippen LogP contribution < -0.4 is 0 Å². The Morgan fingerprint density at radius 2 is 0.606 bits per heavy atom. The SMILES string of the molecule is O=C(O)c1cc2ccccc2cc1C(=O)O.O=C(O)c1cc2ccccc2cc1C(=O)O.[Zr]. The van der Waals surface area contributed by atoms with E-state index in [9.17, 15) is 19.2 Å². The molecule has 0 unspecified atom stereocenters. The molecule has 0 fully saturated rings. The summed E-state index contributed by atoms with van der Waals surface area (Å²) in [7, 11) is 0. The van der Waals surface area contributed by atoms with Crippen LogP contribution in [-0.2, 0) is 26.2 Å². The Hall–Kier alpha value is -3.84. The van der Waals surface area contributed by atoms with Gasteiger partial charge in [-0.05, 0) is 45.8 Å². The fourth-order valence-electron chi connectivity index (χ4n) is 3.19. The van der Waals surface area contributed by atoms with Gasteiger partial charge in [-0.3, -0.25) is 0 Å². The summed E-state index contributed by atoms with van der Waals surface area (Å²) in [4.78, 5) is 43.6. The van der Waals surface area contributed by atoms with E-state index in [4.69, 9.17) is 20.4 Å². The first-order valence-electron chi connectivity index (χ1n) is 9.18. The third-order valence-corrected chi connectivity index (χ3v) is 4.69. The molecule has 0 amide bonds. The van der Waals surface area contributed by atoms with E-state index >= 15 is 0 Å². The zero-order chi connectivity index (χ0) is 23.4. The zero-order valence-electron chi connectivity index (χ0n) is 16.9. The van der Waals surface area contributed by atoms with Crippen LogP contribution in [0.15, 0.2) is 72.8 Å². The predicted octanol–water partition coefficient (Wildman–Crippen LogP) is 4.47. The molecule has 0 heterocycles. The van der Waals surface area contributed by atoms with Crippen molar-refractivity contribution in [2.75, 3.05) is 0 Å². The molecule has 8 nitrogen and oxygen atoms in total. The Kier molecular flexibility index (Phi) is 8.21. The van der Waals surface area contributed by atoms with E-state index in [0.717, 1.165) is 0 Å². The normalized spacial score (nSPS) is 9.94. The van der Waals surface area contributed by atoms with Crippen molar-refractivity contribution in [3.05, 3.63) is 95.1 Å². The van der Waals surface area contributed by atoms with Crippen molar-refractivity contribution in [2.45, 2.75) is 0 Å². The molecule has 0 spiro atoms. The maximum Gasteiger partial charge on any atom is 0.336 e. The minimum absolute atomic E-state index is 0. The van der Waals surface area contributed by atoms with E-state index in [0.29, 0.717) is 21.5 Å². The van der Waals surface area contributed by atoms with E-state index < -0.39 is 23.9 Å². The first-order valence-corrected chi connectivity index (χ1v) is 9.18. The maximum absolute atomic E-state index is 10.9. The number of carboxylic acid groups (broad SMARTS) is 4. The van der Waals surface area contributed by atoms with Crippen molar-refractivity contribution in [1.29, 1.82) is 0 Å². The summed E-state index contributed by atoms with van der Waals surface area (Å²) >= 11 is 0. The minimum atomic E-state index is -1.23. The van der Waals surface area contributed by atoms with E-state index in [1.807, 2.05) is 0 Å². The molecule has 0 aliphatic rings. The number of fused-ring (bicyclic) bond motifs is 2. The molecule has 4 N–H and O–H groups in total. The molecule has 0 aromatic heterocycles. The number of benzene rings is 4. The van der Waals surface area contributed by atoms with Gasteiger partial charge in [0.15, 0.2) is 0 Å². The second-order valence-corrected chi connectivity index (χ2v) is 6.71. The van der Waals surface area contributed by atoms with Gasteiger partial charge in [-0.2, -0.15) is 0 Å². The molecule has 0 radical (unpaired) electrons. The summed E-state index contributed by atoms with van der Waals surface area (Å²) in [5, 5.41) is 38.5. The van der Waals surface area contributed by atoms with Crippen molar-refractivity contribution in [3.63, 3.8) is 0 Å². The fourth-order valence-corrected chi connectivity index (χ4v) is 3.19. The van der Waals surface area contributed by atoms with Crippen LogP contribution in [0.2, 0.25) is 0 Å². The fraction of sp³-hybridized carbons (Fsp3) is 0. The quantitative estimate of drug-likeness (QED) is 0.306. The molecule has 4 aromatic rings. The van der Waals surface area contributed by atoms with Crippen LogP contribution in [0.25, 0.3) is 21.5 Å². The number of hydrogen-bond acceptors (Lipinski definition) is 4. The van der Waals surface area contributed by atoms with Crippen LogP contribution in [0.1, 0.15) is 41.4 Å². The second-order valence-electron chi connectivity index (χ2n) is 6.71. The predicted molar refractivity (Wildman–Crippen MR) is 116 cm³/mol. The number of aromatic carboxylic acids is 4. The van der Waals surface area contributed by atoms with Crippen molar-refractivity contribution >= 4 is 45.4 Å². The standard InChI is InChI=1S/2C12H8O4.Zr/c2*13-11(14)9-5-7-3-1-2-4-8(7)6-10(9)12(15)16;/h2*1-6H,(H,13,14)(H,15,16);. The molecule has 4 rings (SSSR count). The molecule has 0 saturated carbocycles.